The van der Waals surface area contributed by atoms with Gasteiger partial charge in [-0.15, -0.1) is 0 Å². The first-order valence-corrected chi connectivity index (χ1v) is 3.80. The molecule has 5 nitrogen and oxygen atoms in total. The fourth-order valence-corrected chi connectivity index (χ4v) is 0.887. The molecule has 0 aliphatic rings. The molecule has 0 aromatic heterocycles. The SMILES string of the molecule is O=S(=O)(O)CC(O)CO. The van der Waals surface area contributed by atoms with Crippen molar-refractivity contribution < 1.29 is 23.2 Å². The van der Waals surface area contributed by atoms with E-state index in [2.05, 4.69) is 0 Å². The van der Waals surface area contributed by atoms with Crippen LogP contribution in [-0.2, 0) is 10.1 Å². The molecule has 0 aromatic rings. The van der Waals surface area contributed by atoms with E-state index in [-0.39, 0.29) is 0 Å². The first kappa shape index (κ1) is 8.83. The third-order valence-electron chi connectivity index (χ3n) is 0.614. The van der Waals surface area contributed by atoms with Crippen molar-refractivity contribution in [1.29, 1.82) is 0 Å². The van der Waals surface area contributed by atoms with E-state index in [0.29, 0.717) is 0 Å². The molecule has 0 saturated heterocycles. The fourth-order valence-electron chi connectivity index (χ4n) is 0.296. The second-order valence-corrected chi connectivity index (χ2v) is 3.08. The molecule has 9 heavy (non-hydrogen) atoms. The molecule has 1 atom stereocenters. The highest BCUT2D eigenvalue weighted by atomic mass is 32.2. The third kappa shape index (κ3) is 5.71. The lowest BCUT2D eigenvalue weighted by Gasteiger charge is -2.01. The summed E-state index contributed by atoms with van der Waals surface area (Å²) in [6.45, 7) is -0.667. The van der Waals surface area contributed by atoms with Gasteiger partial charge in [0.2, 0.25) is 0 Å². The first-order valence-electron chi connectivity index (χ1n) is 2.20. The molecule has 0 fully saturated rings. The summed E-state index contributed by atoms with van der Waals surface area (Å²) in [5.74, 6) is -0.816. The van der Waals surface area contributed by atoms with Crippen LogP contribution < -0.4 is 0 Å². The Bertz CT molecular complexity index is 159. The predicted octanol–water partition coefficient (Wildman–Crippen LogP) is -1.77. The molecular formula is C3H8O5S. The van der Waals surface area contributed by atoms with E-state index in [1.54, 1.807) is 0 Å². The van der Waals surface area contributed by atoms with Crippen molar-refractivity contribution in [2.45, 2.75) is 6.10 Å². The standard InChI is InChI=1S/C3H8O5S/c4-1-3(5)2-9(6,7)8/h3-5H,1-2H2,(H,6,7,8). The topological polar surface area (TPSA) is 94.8 Å². The van der Waals surface area contributed by atoms with Crippen LogP contribution in [0.4, 0.5) is 0 Å². The van der Waals surface area contributed by atoms with Gasteiger partial charge in [0.15, 0.2) is 0 Å². The lowest BCUT2D eigenvalue weighted by molar-refractivity contribution is 0.111. The number of hydrogen-bond acceptors (Lipinski definition) is 4. The Morgan fingerprint density at radius 3 is 2.00 bits per heavy atom. The van der Waals surface area contributed by atoms with E-state index in [1.165, 1.54) is 0 Å². The fraction of sp³-hybridized carbons (Fsp3) is 1.00. The molecule has 0 heterocycles. The molecule has 0 spiro atoms. The summed E-state index contributed by atoms with van der Waals surface area (Å²) in [7, 11) is -4.15. The van der Waals surface area contributed by atoms with Crippen LogP contribution in [0.1, 0.15) is 0 Å². The van der Waals surface area contributed by atoms with Gasteiger partial charge in [-0.05, 0) is 0 Å². The molecule has 0 bridgehead atoms. The van der Waals surface area contributed by atoms with Crippen LogP contribution in [0.15, 0.2) is 0 Å². The van der Waals surface area contributed by atoms with Crippen LogP contribution in [0.25, 0.3) is 0 Å². The Morgan fingerprint density at radius 1 is 1.44 bits per heavy atom. The van der Waals surface area contributed by atoms with Crippen LogP contribution >= 0.6 is 0 Å². The summed E-state index contributed by atoms with van der Waals surface area (Å²) in [6.07, 6.45) is -1.39. The molecule has 0 aromatic carbocycles. The van der Waals surface area contributed by atoms with Gasteiger partial charge in [0.05, 0.1) is 12.7 Å². The lowest BCUT2D eigenvalue weighted by atomic mass is 10.4. The van der Waals surface area contributed by atoms with Gasteiger partial charge in [0.1, 0.15) is 5.75 Å². The third-order valence-corrected chi connectivity index (χ3v) is 1.42. The average Bonchev–Trinajstić information content (AvgIpc) is 1.62. The van der Waals surface area contributed by atoms with Gasteiger partial charge in [-0.2, -0.15) is 8.42 Å². The van der Waals surface area contributed by atoms with Gasteiger partial charge >= 0.3 is 0 Å². The maximum atomic E-state index is 9.88. The van der Waals surface area contributed by atoms with Crippen molar-refractivity contribution in [3.63, 3.8) is 0 Å². The molecule has 0 amide bonds. The van der Waals surface area contributed by atoms with E-state index in [1.807, 2.05) is 0 Å². The van der Waals surface area contributed by atoms with Crippen LogP contribution in [0, 0.1) is 0 Å². The van der Waals surface area contributed by atoms with Crippen LogP contribution in [0.3, 0.4) is 0 Å². The molecule has 0 aliphatic carbocycles. The Balaban J connectivity index is 3.75. The molecule has 3 N–H and O–H groups in total. The number of hydrogen-bond donors (Lipinski definition) is 3. The molecule has 6 heteroatoms. The highest BCUT2D eigenvalue weighted by Gasteiger charge is 2.11. The van der Waals surface area contributed by atoms with Gasteiger partial charge in [-0.1, -0.05) is 0 Å². The average molecular weight is 156 g/mol. The Kier molecular flexibility index (Phi) is 3.06. The summed E-state index contributed by atoms with van der Waals surface area (Å²) in [5, 5.41) is 16.5. The monoisotopic (exact) mass is 156 g/mol. The summed E-state index contributed by atoms with van der Waals surface area (Å²) in [5.41, 5.74) is 0. The minimum Gasteiger partial charge on any atom is -0.394 e. The molecule has 1 unspecified atom stereocenters. The zero-order valence-electron chi connectivity index (χ0n) is 4.56. The summed E-state index contributed by atoms with van der Waals surface area (Å²) >= 11 is 0. The minimum atomic E-state index is -4.15. The second kappa shape index (κ2) is 3.11. The van der Waals surface area contributed by atoms with Gasteiger partial charge in [0.25, 0.3) is 10.1 Å². The molecule has 0 radical (unpaired) electrons. The van der Waals surface area contributed by atoms with Crippen molar-refractivity contribution in [3.05, 3.63) is 0 Å². The maximum absolute atomic E-state index is 9.88. The number of aliphatic hydroxyl groups is 2. The van der Waals surface area contributed by atoms with E-state index in [9.17, 15) is 8.42 Å². The quantitative estimate of drug-likeness (QED) is 0.420. The number of rotatable bonds is 3. The summed E-state index contributed by atoms with van der Waals surface area (Å²) < 4.78 is 27.8. The maximum Gasteiger partial charge on any atom is 0.267 e. The number of aliphatic hydroxyl groups excluding tert-OH is 2. The van der Waals surface area contributed by atoms with Crippen molar-refractivity contribution >= 4 is 10.1 Å². The molecule has 0 rings (SSSR count). The van der Waals surface area contributed by atoms with E-state index < -0.39 is 28.6 Å². The van der Waals surface area contributed by atoms with Crippen molar-refractivity contribution in [3.8, 4) is 0 Å². The second-order valence-electron chi connectivity index (χ2n) is 1.58. The highest BCUT2D eigenvalue weighted by molar-refractivity contribution is 7.85. The van der Waals surface area contributed by atoms with Gasteiger partial charge in [-0.3, -0.25) is 4.55 Å². The normalized spacial score (nSPS) is 15.4. The van der Waals surface area contributed by atoms with Gasteiger partial charge in [0, 0.05) is 0 Å². The van der Waals surface area contributed by atoms with Crippen molar-refractivity contribution in [2.75, 3.05) is 12.4 Å². The van der Waals surface area contributed by atoms with E-state index in [4.69, 9.17) is 14.8 Å². The van der Waals surface area contributed by atoms with Gasteiger partial charge in [-0.25, -0.2) is 0 Å². The zero-order chi connectivity index (χ0) is 7.49. The summed E-state index contributed by atoms with van der Waals surface area (Å²) in [4.78, 5) is 0. The lowest BCUT2D eigenvalue weighted by Crippen LogP contribution is -2.23. The minimum absolute atomic E-state index is 0.667. The largest absolute Gasteiger partial charge is 0.394 e. The van der Waals surface area contributed by atoms with E-state index in [0.717, 1.165) is 0 Å². The molecule has 56 valence electrons. The van der Waals surface area contributed by atoms with E-state index >= 15 is 0 Å². The molecule has 0 saturated carbocycles. The zero-order valence-corrected chi connectivity index (χ0v) is 5.37. The molecular weight excluding hydrogens is 148 g/mol. The van der Waals surface area contributed by atoms with Crippen LogP contribution in [0.2, 0.25) is 0 Å². The summed E-state index contributed by atoms with van der Waals surface area (Å²) in [6, 6.07) is 0. The van der Waals surface area contributed by atoms with Crippen LogP contribution in [-0.4, -0.2) is 41.6 Å². The Hall–Kier alpha value is -0.170. The predicted molar refractivity (Wildman–Crippen MR) is 29.5 cm³/mol. The van der Waals surface area contributed by atoms with Crippen molar-refractivity contribution in [2.24, 2.45) is 0 Å². The Labute approximate surface area is 52.7 Å². The Morgan fingerprint density at radius 2 is 1.89 bits per heavy atom. The first-order chi connectivity index (χ1) is 3.95. The van der Waals surface area contributed by atoms with Crippen LogP contribution in [0.5, 0.6) is 0 Å². The smallest absolute Gasteiger partial charge is 0.267 e. The van der Waals surface area contributed by atoms with Gasteiger partial charge < -0.3 is 10.2 Å². The highest BCUT2D eigenvalue weighted by Crippen LogP contribution is 1.87. The molecule has 0 aliphatic heterocycles. The van der Waals surface area contributed by atoms with Crippen molar-refractivity contribution in [1.82, 2.24) is 0 Å².